The Morgan fingerprint density at radius 1 is 0.688 bits per heavy atom. The van der Waals surface area contributed by atoms with Crippen molar-refractivity contribution in [3.8, 4) is 0 Å². The number of benzene rings is 1. The highest BCUT2D eigenvalue weighted by Crippen LogP contribution is 2.42. The maximum Gasteiger partial charge on any atom is 0.417 e. The van der Waals surface area contributed by atoms with E-state index < -0.39 is 32.4 Å². The summed E-state index contributed by atoms with van der Waals surface area (Å²) in [5, 5.41) is 0. The number of halogens is 8. The molecule has 0 aliphatic heterocycles. The van der Waals surface area contributed by atoms with Gasteiger partial charge in [-0.1, -0.05) is 31.9 Å². The lowest BCUT2D eigenvalue weighted by Gasteiger charge is -2.14. The van der Waals surface area contributed by atoms with Crippen LogP contribution in [-0.4, -0.2) is 0 Å². The van der Waals surface area contributed by atoms with Crippen molar-refractivity contribution < 1.29 is 26.3 Å². The van der Waals surface area contributed by atoms with E-state index in [0.29, 0.717) is 12.1 Å². The van der Waals surface area contributed by atoms with Crippen LogP contribution in [0.3, 0.4) is 0 Å². The molecule has 0 spiro atoms. The molecular weight excluding hydrogens is 370 g/mol. The van der Waals surface area contributed by atoms with Gasteiger partial charge in [-0.25, -0.2) is 0 Å². The van der Waals surface area contributed by atoms with E-state index in [-0.39, 0.29) is 0 Å². The molecule has 0 atom stereocenters. The number of rotatable bonds is 0. The molecule has 1 rings (SSSR count). The molecule has 0 amide bonds. The standard InChI is InChI=1S/C8H2Br2F6/c9-5-1-3(7(11,12)13)6(10)2-4(5)8(14,15)16/h1-2H. The molecule has 0 fully saturated rings. The lowest BCUT2D eigenvalue weighted by Crippen LogP contribution is -2.11. The zero-order valence-electron chi connectivity index (χ0n) is 7.18. The van der Waals surface area contributed by atoms with Crippen LogP contribution in [0.25, 0.3) is 0 Å². The summed E-state index contributed by atoms with van der Waals surface area (Å²) < 4.78 is 72.7. The number of alkyl halides is 6. The average Bonchev–Trinajstić information content (AvgIpc) is 2.04. The second kappa shape index (κ2) is 4.21. The molecule has 0 unspecified atom stereocenters. The second-order valence-electron chi connectivity index (χ2n) is 2.81. The van der Waals surface area contributed by atoms with Crippen LogP contribution in [0, 0.1) is 0 Å². The van der Waals surface area contributed by atoms with Crippen molar-refractivity contribution in [3.63, 3.8) is 0 Å². The molecule has 0 saturated carbocycles. The predicted octanol–water partition coefficient (Wildman–Crippen LogP) is 5.25. The largest absolute Gasteiger partial charge is 0.417 e. The third-order valence-electron chi connectivity index (χ3n) is 1.67. The molecule has 0 aromatic heterocycles. The molecule has 1 aromatic rings. The predicted molar refractivity (Wildman–Crippen MR) is 51.8 cm³/mol. The van der Waals surface area contributed by atoms with Gasteiger partial charge in [0.1, 0.15) is 0 Å². The van der Waals surface area contributed by atoms with Crippen LogP contribution >= 0.6 is 31.9 Å². The maximum atomic E-state index is 12.3. The average molecular weight is 372 g/mol. The summed E-state index contributed by atoms with van der Waals surface area (Å²) >= 11 is 4.94. The maximum absolute atomic E-state index is 12.3. The Balaban J connectivity index is 3.40. The quantitative estimate of drug-likeness (QED) is 0.546. The third kappa shape index (κ3) is 2.91. The zero-order valence-corrected chi connectivity index (χ0v) is 10.4. The van der Waals surface area contributed by atoms with Crippen LogP contribution in [-0.2, 0) is 12.4 Å². The van der Waals surface area contributed by atoms with Crippen LogP contribution in [0.2, 0.25) is 0 Å². The Morgan fingerprint density at radius 2 is 0.938 bits per heavy atom. The van der Waals surface area contributed by atoms with Crippen LogP contribution in [0.5, 0.6) is 0 Å². The van der Waals surface area contributed by atoms with Gasteiger partial charge in [0, 0.05) is 8.95 Å². The van der Waals surface area contributed by atoms with Gasteiger partial charge in [-0.15, -0.1) is 0 Å². The molecule has 90 valence electrons. The Morgan fingerprint density at radius 3 is 1.12 bits per heavy atom. The molecular formula is C8H2Br2F6. The molecule has 0 aliphatic carbocycles. The summed E-state index contributed by atoms with van der Waals surface area (Å²) in [6.45, 7) is 0. The molecule has 8 heteroatoms. The topological polar surface area (TPSA) is 0 Å². The van der Waals surface area contributed by atoms with Gasteiger partial charge < -0.3 is 0 Å². The molecule has 16 heavy (non-hydrogen) atoms. The second-order valence-corrected chi connectivity index (χ2v) is 4.52. The summed E-state index contributed by atoms with van der Waals surface area (Å²) in [6.07, 6.45) is -9.41. The fraction of sp³-hybridized carbons (Fsp3) is 0.250. The van der Waals surface area contributed by atoms with E-state index in [1.165, 1.54) is 0 Å². The van der Waals surface area contributed by atoms with Gasteiger partial charge in [0.25, 0.3) is 0 Å². The Labute approximate surface area is 103 Å². The van der Waals surface area contributed by atoms with Gasteiger partial charge >= 0.3 is 12.4 Å². The monoisotopic (exact) mass is 370 g/mol. The van der Waals surface area contributed by atoms with Gasteiger partial charge in [0.05, 0.1) is 11.1 Å². The van der Waals surface area contributed by atoms with Crippen molar-refractivity contribution in [3.05, 3.63) is 32.2 Å². The number of hydrogen-bond acceptors (Lipinski definition) is 0. The summed E-state index contributed by atoms with van der Waals surface area (Å²) in [6, 6.07) is 0.791. The zero-order chi connectivity index (χ0) is 12.7. The molecule has 0 radical (unpaired) electrons. The highest BCUT2D eigenvalue weighted by Gasteiger charge is 2.38. The molecule has 0 aliphatic rings. The first-order chi connectivity index (χ1) is 7.03. The molecule has 0 N–H and O–H groups in total. The van der Waals surface area contributed by atoms with Crippen LogP contribution in [0.4, 0.5) is 26.3 Å². The number of hydrogen-bond donors (Lipinski definition) is 0. The van der Waals surface area contributed by atoms with E-state index >= 15 is 0 Å². The smallest absolute Gasteiger partial charge is 0.166 e. The lowest BCUT2D eigenvalue weighted by atomic mass is 10.1. The first kappa shape index (κ1) is 13.8. The Hall–Kier alpha value is -0.240. The van der Waals surface area contributed by atoms with Crippen LogP contribution < -0.4 is 0 Å². The lowest BCUT2D eigenvalue weighted by molar-refractivity contribution is -0.142. The fourth-order valence-corrected chi connectivity index (χ4v) is 2.12. The van der Waals surface area contributed by atoms with Gasteiger partial charge in [-0.05, 0) is 12.1 Å². The minimum absolute atomic E-state index is 0.396. The van der Waals surface area contributed by atoms with Crippen molar-refractivity contribution in [2.45, 2.75) is 12.4 Å². The Bertz CT molecular complexity index is 366. The third-order valence-corrected chi connectivity index (χ3v) is 2.98. The normalized spacial score (nSPS) is 13.0. The Kier molecular flexibility index (Phi) is 3.64. The summed E-state index contributed by atoms with van der Waals surface area (Å²) in [5.74, 6) is 0. The van der Waals surface area contributed by atoms with Gasteiger partial charge in [0.15, 0.2) is 0 Å². The molecule has 1 aromatic carbocycles. The fourth-order valence-electron chi connectivity index (χ4n) is 0.981. The molecule has 0 nitrogen and oxygen atoms in total. The highest BCUT2D eigenvalue weighted by atomic mass is 79.9. The van der Waals surface area contributed by atoms with Crippen molar-refractivity contribution in [1.29, 1.82) is 0 Å². The minimum atomic E-state index is -4.70. The van der Waals surface area contributed by atoms with Crippen LogP contribution in [0.1, 0.15) is 11.1 Å². The summed E-state index contributed by atoms with van der Waals surface area (Å²) in [7, 11) is 0. The van der Waals surface area contributed by atoms with E-state index in [4.69, 9.17) is 0 Å². The van der Waals surface area contributed by atoms with E-state index in [1.54, 1.807) is 0 Å². The van der Waals surface area contributed by atoms with Gasteiger partial charge in [0.2, 0.25) is 0 Å². The van der Waals surface area contributed by atoms with Gasteiger partial charge in [-0.3, -0.25) is 0 Å². The van der Waals surface area contributed by atoms with Crippen LogP contribution in [0.15, 0.2) is 21.1 Å². The first-order valence-electron chi connectivity index (χ1n) is 3.67. The van der Waals surface area contributed by atoms with E-state index in [2.05, 4.69) is 31.9 Å². The van der Waals surface area contributed by atoms with Crippen molar-refractivity contribution in [1.82, 2.24) is 0 Å². The highest BCUT2D eigenvalue weighted by molar-refractivity contribution is 9.11. The SMILES string of the molecule is FC(F)(F)c1cc(Br)c(C(F)(F)F)cc1Br. The van der Waals surface area contributed by atoms with E-state index in [1.807, 2.05) is 0 Å². The first-order valence-corrected chi connectivity index (χ1v) is 5.25. The van der Waals surface area contributed by atoms with E-state index in [9.17, 15) is 26.3 Å². The van der Waals surface area contributed by atoms with Crippen molar-refractivity contribution >= 4 is 31.9 Å². The van der Waals surface area contributed by atoms with Gasteiger partial charge in [-0.2, -0.15) is 26.3 Å². The molecule has 0 saturated heterocycles. The van der Waals surface area contributed by atoms with E-state index in [0.717, 1.165) is 0 Å². The van der Waals surface area contributed by atoms with Crippen molar-refractivity contribution in [2.75, 3.05) is 0 Å². The molecule has 0 bridgehead atoms. The minimum Gasteiger partial charge on any atom is -0.166 e. The van der Waals surface area contributed by atoms with Crippen molar-refractivity contribution in [2.24, 2.45) is 0 Å². The molecule has 0 heterocycles. The summed E-state index contributed by atoms with van der Waals surface area (Å²) in [4.78, 5) is 0. The summed E-state index contributed by atoms with van der Waals surface area (Å²) in [5.41, 5.74) is -2.32.